The highest BCUT2D eigenvalue weighted by atomic mass is 35.5. The van der Waals surface area contributed by atoms with Crippen molar-refractivity contribution in [1.29, 1.82) is 0 Å². The second-order valence-corrected chi connectivity index (χ2v) is 4.72. The molecule has 16 heavy (non-hydrogen) atoms. The van der Waals surface area contributed by atoms with Gasteiger partial charge in [-0.25, -0.2) is 0 Å². The first-order valence-electron chi connectivity index (χ1n) is 5.46. The first kappa shape index (κ1) is 11.7. The molecule has 1 saturated heterocycles. The van der Waals surface area contributed by atoms with E-state index in [1.165, 1.54) is 0 Å². The van der Waals surface area contributed by atoms with Gasteiger partial charge in [-0.05, 0) is 26.2 Å². The number of aliphatic hydroxyl groups is 1. The number of aromatic nitrogens is 2. The number of hydrogen-bond donors (Lipinski definition) is 1. The van der Waals surface area contributed by atoms with Gasteiger partial charge < -0.3 is 14.4 Å². The number of alkyl halides is 1. The summed E-state index contributed by atoms with van der Waals surface area (Å²) in [5, 5.41) is 17.7. The molecule has 0 bridgehead atoms. The average molecular weight is 246 g/mol. The number of halogens is 1. The van der Waals surface area contributed by atoms with E-state index >= 15 is 0 Å². The Morgan fingerprint density at radius 2 is 2.25 bits per heavy atom. The lowest BCUT2D eigenvalue weighted by Crippen LogP contribution is -2.28. The van der Waals surface area contributed by atoms with Crippen molar-refractivity contribution in [1.82, 2.24) is 10.2 Å². The topological polar surface area (TPSA) is 62.4 Å². The minimum atomic E-state index is -0.579. The van der Waals surface area contributed by atoms with Gasteiger partial charge in [0.2, 0.25) is 5.89 Å². The zero-order valence-electron chi connectivity index (χ0n) is 9.32. The Balaban J connectivity index is 2.04. The molecule has 0 aromatic carbocycles. The van der Waals surface area contributed by atoms with Crippen molar-refractivity contribution >= 4 is 17.6 Å². The van der Waals surface area contributed by atoms with Crippen LogP contribution in [-0.4, -0.2) is 34.0 Å². The van der Waals surface area contributed by atoms with Gasteiger partial charge in [-0.2, -0.15) is 0 Å². The van der Waals surface area contributed by atoms with Crippen LogP contribution in [0.5, 0.6) is 0 Å². The van der Waals surface area contributed by atoms with E-state index in [2.05, 4.69) is 10.2 Å². The maximum absolute atomic E-state index is 9.96. The first-order chi connectivity index (χ1) is 7.61. The van der Waals surface area contributed by atoms with Crippen LogP contribution in [0.15, 0.2) is 4.42 Å². The van der Waals surface area contributed by atoms with Crippen LogP contribution in [0.3, 0.4) is 0 Å². The second-order valence-electron chi connectivity index (χ2n) is 4.45. The molecule has 1 aromatic rings. The summed E-state index contributed by atoms with van der Waals surface area (Å²) >= 11 is 5.60. The average Bonchev–Trinajstić information content (AvgIpc) is 2.64. The van der Waals surface area contributed by atoms with Gasteiger partial charge in [-0.3, -0.25) is 0 Å². The quantitative estimate of drug-likeness (QED) is 0.801. The van der Waals surface area contributed by atoms with Gasteiger partial charge in [-0.1, -0.05) is 5.10 Å². The van der Waals surface area contributed by atoms with Crippen LogP contribution in [0.4, 0.5) is 6.01 Å². The maximum atomic E-state index is 9.96. The molecule has 1 aliphatic rings. The standard InChI is InChI=1S/C10H16ClN3O2/c1-10(15)3-2-5-14(6-4-10)9-13-12-8(7-11)16-9/h15H,2-7H2,1H3. The van der Waals surface area contributed by atoms with Crippen molar-refractivity contribution in [3.8, 4) is 0 Å². The van der Waals surface area contributed by atoms with E-state index in [4.69, 9.17) is 16.0 Å². The molecule has 0 amide bonds. The monoisotopic (exact) mass is 245 g/mol. The third-order valence-corrected chi connectivity index (χ3v) is 3.13. The van der Waals surface area contributed by atoms with Gasteiger partial charge in [0.25, 0.3) is 0 Å². The third-order valence-electron chi connectivity index (χ3n) is 2.90. The molecule has 2 rings (SSSR count). The lowest BCUT2D eigenvalue weighted by molar-refractivity contribution is 0.0481. The zero-order chi connectivity index (χ0) is 11.6. The van der Waals surface area contributed by atoms with Crippen LogP contribution >= 0.6 is 11.6 Å². The predicted octanol–water partition coefficient (Wildman–Crippen LogP) is 1.55. The Labute approximate surface area is 99.4 Å². The van der Waals surface area contributed by atoms with E-state index in [-0.39, 0.29) is 5.88 Å². The van der Waals surface area contributed by atoms with E-state index in [1.807, 2.05) is 11.8 Å². The van der Waals surface area contributed by atoms with Crippen LogP contribution in [0.1, 0.15) is 32.1 Å². The molecule has 1 aliphatic heterocycles. The highest BCUT2D eigenvalue weighted by molar-refractivity contribution is 6.16. The Hall–Kier alpha value is -0.810. The molecular formula is C10H16ClN3O2. The number of nitrogens with zero attached hydrogens (tertiary/aromatic N) is 3. The molecule has 1 fully saturated rings. The lowest BCUT2D eigenvalue weighted by Gasteiger charge is -2.21. The SMILES string of the molecule is CC1(O)CCCN(c2nnc(CCl)o2)CC1. The normalized spacial score (nSPS) is 26.8. The summed E-state index contributed by atoms with van der Waals surface area (Å²) in [6, 6.07) is 0.508. The molecule has 2 heterocycles. The lowest BCUT2D eigenvalue weighted by atomic mass is 9.98. The molecule has 1 unspecified atom stereocenters. The van der Waals surface area contributed by atoms with Gasteiger partial charge in [0.15, 0.2) is 0 Å². The van der Waals surface area contributed by atoms with E-state index in [1.54, 1.807) is 0 Å². The number of rotatable bonds is 2. The Bertz CT molecular complexity index is 354. The fourth-order valence-corrected chi connectivity index (χ4v) is 1.99. The van der Waals surface area contributed by atoms with Crippen LogP contribution in [0.25, 0.3) is 0 Å². The van der Waals surface area contributed by atoms with Crippen molar-refractivity contribution in [3.05, 3.63) is 5.89 Å². The van der Waals surface area contributed by atoms with Crippen LogP contribution in [0.2, 0.25) is 0 Å². The fraction of sp³-hybridized carbons (Fsp3) is 0.800. The van der Waals surface area contributed by atoms with Gasteiger partial charge in [0.1, 0.15) is 5.88 Å². The predicted molar refractivity (Wildman–Crippen MR) is 60.5 cm³/mol. The molecule has 1 N–H and O–H groups in total. The minimum Gasteiger partial charge on any atom is -0.407 e. The van der Waals surface area contributed by atoms with Crippen molar-refractivity contribution < 1.29 is 9.52 Å². The van der Waals surface area contributed by atoms with Crippen molar-refractivity contribution in [2.24, 2.45) is 0 Å². The summed E-state index contributed by atoms with van der Waals surface area (Å²) in [5.74, 6) is 0.672. The summed E-state index contributed by atoms with van der Waals surface area (Å²) in [5.41, 5.74) is -0.579. The summed E-state index contributed by atoms with van der Waals surface area (Å²) in [4.78, 5) is 2.00. The second kappa shape index (κ2) is 4.59. The summed E-state index contributed by atoms with van der Waals surface area (Å²) in [7, 11) is 0. The van der Waals surface area contributed by atoms with Crippen LogP contribution < -0.4 is 4.90 Å². The molecule has 0 spiro atoms. The first-order valence-corrected chi connectivity index (χ1v) is 6.00. The number of anilines is 1. The van der Waals surface area contributed by atoms with E-state index in [0.29, 0.717) is 18.3 Å². The third kappa shape index (κ3) is 2.65. The summed E-state index contributed by atoms with van der Waals surface area (Å²) < 4.78 is 5.39. The number of hydrogen-bond acceptors (Lipinski definition) is 5. The molecular weight excluding hydrogens is 230 g/mol. The van der Waals surface area contributed by atoms with E-state index in [9.17, 15) is 5.11 Å². The Kier molecular flexibility index (Phi) is 3.35. The van der Waals surface area contributed by atoms with Crippen molar-refractivity contribution in [2.75, 3.05) is 18.0 Å². The van der Waals surface area contributed by atoms with Crippen LogP contribution in [0, 0.1) is 0 Å². The highest BCUT2D eigenvalue weighted by Gasteiger charge is 2.26. The smallest absolute Gasteiger partial charge is 0.318 e. The molecule has 1 aromatic heterocycles. The molecule has 0 radical (unpaired) electrons. The van der Waals surface area contributed by atoms with E-state index in [0.717, 1.165) is 25.9 Å². The van der Waals surface area contributed by atoms with Gasteiger partial charge >= 0.3 is 6.01 Å². The zero-order valence-corrected chi connectivity index (χ0v) is 10.1. The largest absolute Gasteiger partial charge is 0.407 e. The summed E-state index contributed by atoms with van der Waals surface area (Å²) in [6.07, 6.45) is 2.44. The Morgan fingerprint density at radius 3 is 2.94 bits per heavy atom. The van der Waals surface area contributed by atoms with Crippen LogP contribution in [-0.2, 0) is 5.88 Å². The molecule has 1 atom stereocenters. The fourth-order valence-electron chi connectivity index (χ4n) is 1.88. The molecule has 90 valence electrons. The molecule has 6 heteroatoms. The Morgan fingerprint density at radius 1 is 1.44 bits per heavy atom. The van der Waals surface area contributed by atoms with Crippen molar-refractivity contribution in [3.63, 3.8) is 0 Å². The summed E-state index contributed by atoms with van der Waals surface area (Å²) in [6.45, 7) is 3.44. The minimum absolute atomic E-state index is 0.235. The van der Waals surface area contributed by atoms with Gasteiger partial charge in [0.05, 0.1) is 5.60 Å². The van der Waals surface area contributed by atoms with Gasteiger partial charge in [0, 0.05) is 13.1 Å². The van der Waals surface area contributed by atoms with Gasteiger partial charge in [-0.15, -0.1) is 16.7 Å². The highest BCUT2D eigenvalue weighted by Crippen LogP contribution is 2.24. The molecule has 0 saturated carbocycles. The van der Waals surface area contributed by atoms with Crippen molar-refractivity contribution in [2.45, 2.75) is 37.7 Å². The molecule has 5 nitrogen and oxygen atoms in total. The van der Waals surface area contributed by atoms with E-state index < -0.39 is 5.60 Å². The molecule has 0 aliphatic carbocycles. The maximum Gasteiger partial charge on any atom is 0.318 e.